The molecule has 1 aromatic carbocycles. The molecule has 2 amide bonds. The van der Waals surface area contributed by atoms with Gasteiger partial charge in [0, 0.05) is 5.69 Å². The van der Waals surface area contributed by atoms with Gasteiger partial charge in [0.2, 0.25) is 5.91 Å². The van der Waals surface area contributed by atoms with Crippen LogP contribution in [0.4, 0.5) is 14.9 Å². The summed E-state index contributed by atoms with van der Waals surface area (Å²) in [4.78, 5) is 23.3. The van der Waals surface area contributed by atoms with Gasteiger partial charge in [0.1, 0.15) is 17.5 Å². The van der Waals surface area contributed by atoms with Gasteiger partial charge in [0.25, 0.3) is 0 Å². The lowest BCUT2D eigenvalue weighted by Crippen LogP contribution is -2.43. The van der Waals surface area contributed by atoms with E-state index >= 15 is 0 Å². The second-order valence-electron chi connectivity index (χ2n) is 5.36. The molecule has 0 heterocycles. The monoisotopic (exact) mass is 282 g/mol. The van der Waals surface area contributed by atoms with Gasteiger partial charge >= 0.3 is 6.09 Å². The summed E-state index contributed by atoms with van der Waals surface area (Å²) >= 11 is 0. The number of hydrogen-bond acceptors (Lipinski definition) is 3. The lowest BCUT2D eigenvalue weighted by atomic mass is 10.2. The van der Waals surface area contributed by atoms with Gasteiger partial charge in [-0.3, -0.25) is 4.79 Å². The molecule has 20 heavy (non-hydrogen) atoms. The van der Waals surface area contributed by atoms with Crippen LogP contribution in [0.2, 0.25) is 0 Å². The van der Waals surface area contributed by atoms with E-state index in [-0.39, 0.29) is 5.82 Å². The van der Waals surface area contributed by atoms with Crippen molar-refractivity contribution in [2.45, 2.75) is 39.3 Å². The van der Waals surface area contributed by atoms with Crippen LogP contribution in [-0.2, 0) is 9.53 Å². The Kier molecular flexibility index (Phi) is 5.07. The number of carbonyl (C=O) groups excluding carboxylic acids is 2. The molecule has 0 unspecified atom stereocenters. The zero-order valence-corrected chi connectivity index (χ0v) is 12.0. The normalized spacial score (nSPS) is 12.4. The highest BCUT2D eigenvalue weighted by Crippen LogP contribution is 2.09. The summed E-state index contributed by atoms with van der Waals surface area (Å²) in [6.07, 6.45) is -0.667. The zero-order valence-electron chi connectivity index (χ0n) is 12.0. The number of hydrogen-bond donors (Lipinski definition) is 2. The van der Waals surface area contributed by atoms with E-state index in [1.807, 2.05) is 0 Å². The Bertz CT molecular complexity index is 480. The van der Waals surface area contributed by atoms with Crippen molar-refractivity contribution in [3.05, 3.63) is 30.1 Å². The predicted molar refractivity (Wildman–Crippen MR) is 73.9 cm³/mol. The van der Waals surface area contributed by atoms with Crippen LogP contribution in [0.3, 0.4) is 0 Å². The van der Waals surface area contributed by atoms with Crippen LogP contribution in [0.5, 0.6) is 0 Å². The standard InChI is InChI=1S/C14H19FN2O3/c1-9(16-13(19)20-14(2,3)4)12(18)17-11-7-5-10(15)6-8-11/h5-9H,1-4H3,(H,16,19)(H,17,18)/t9-/m1/s1. The summed E-state index contributed by atoms with van der Waals surface area (Å²) < 4.78 is 17.8. The van der Waals surface area contributed by atoms with Crippen LogP contribution in [-0.4, -0.2) is 23.6 Å². The molecule has 6 heteroatoms. The smallest absolute Gasteiger partial charge is 0.408 e. The molecule has 0 aromatic heterocycles. The SMILES string of the molecule is C[C@@H](NC(=O)OC(C)(C)C)C(=O)Nc1ccc(F)cc1. The highest BCUT2D eigenvalue weighted by Gasteiger charge is 2.20. The first-order chi connectivity index (χ1) is 9.17. The summed E-state index contributed by atoms with van der Waals surface area (Å²) in [6.45, 7) is 6.73. The minimum atomic E-state index is -0.769. The molecule has 0 radical (unpaired) electrons. The van der Waals surface area contributed by atoms with E-state index in [2.05, 4.69) is 10.6 Å². The Morgan fingerprint density at radius 3 is 2.25 bits per heavy atom. The fraction of sp³-hybridized carbons (Fsp3) is 0.429. The molecule has 0 spiro atoms. The van der Waals surface area contributed by atoms with Gasteiger partial charge in [-0.2, -0.15) is 0 Å². The minimum absolute atomic E-state index is 0.386. The molecule has 0 saturated heterocycles. The molecule has 110 valence electrons. The van der Waals surface area contributed by atoms with Crippen molar-refractivity contribution in [2.24, 2.45) is 0 Å². The quantitative estimate of drug-likeness (QED) is 0.895. The third-order valence-corrected chi connectivity index (χ3v) is 2.24. The van der Waals surface area contributed by atoms with E-state index < -0.39 is 23.6 Å². The largest absolute Gasteiger partial charge is 0.444 e. The Hall–Kier alpha value is -2.11. The van der Waals surface area contributed by atoms with E-state index in [0.29, 0.717) is 5.69 Å². The molecular formula is C14H19FN2O3. The minimum Gasteiger partial charge on any atom is -0.444 e. The molecule has 0 bridgehead atoms. The summed E-state index contributed by atoms with van der Waals surface area (Å²) in [5, 5.41) is 4.98. The number of benzene rings is 1. The maximum atomic E-state index is 12.7. The fourth-order valence-corrected chi connectivity index (χ4v) is 1.33. The molecule has 1 aromatic rings. The van der Waals surface area contributed by atoms with Gasteiger partial charge in [0.05, 0.1) is 0 Å². The molecule has 0 aliphatic heterocycles. The third-order valence-electron chi connectivity index (χ3n) is 2.24. The van der Waals surface area contributed by atoms with E-state index in [1.165, 1.54) is 31.2 Å². The number of amides is 2. The van der Waals surface area contributed by atoms with Crippen molar-refractivity contribution in [3.63, 3.8) is 0 Å². The Balaban J connectivity index is 2.51. The molecule has 0 aliphatic rings. The molecular weight excluding hydrogens is 263 g/mol. The van der Waals surface area contributed by atoms with Gasteiger partial charge in [-0.15, -0.1) is 0 Å². The van der Waals surface area contributed by atoms with Crippen LogP contribution in [0, 0.1) is 5.82 Å². The maximum absolute atomic E-state index is 12.7. The van der Waals surface area contributed by atoms with E-state index in [9.17, 15) is 14.0 Å². The zero-order chi connectivity index (χ0) is 15.3. The molecule has 0 saturated carbocycles. The van der Waals surface area contributed by atoms with Gasteiger partial charge in [0.15, 0.2) is 0 Å². The average molecular weight is 282 g/mol. The lowest BCUT2D eigenvalue weighted by molar-refractivity contribution is -0.117. The second-order valence-corrected chi connectivity index (χ2v) is 5.36. The lowest BCUT2D eigenvalue weighted by Gasteiger charge is -2.21. The van der Waals surface area contributed by atoms with Gasteiger partial charge < -0.3 is 15.4 Å². The van der Waals surface area contributed by atoms with Gasteiger partial charge in [-0.25, -0.2) is 9.18 Å². The fourth-order valence-electron chi connectivity index (χ4n) is 1.33. The predicted octanol–water partition coefficient (Wildman–Crippen LogP) is 2.68. The first-order valence-corrected chi connectivity index (χ1v) is 6.23. The van der Waals surface area contributed by atoms with Gasteiger partial charge in [-0.05, 0) is 52.0 Å². The summed E-state index contributed by atoms with van der Waals surface area (Å²) in [6, 6.07) is 4.58. The number of nitrogens with one attached hydrogen (secondary N) is 2. The van der Waals surface area contributed by atoms with E-state index in [4.69, 9.17) is 4.74 Å². The molecule has 0 fully saturated rings. The first-order valence-electron chi connectivity index (χ1n) is 6.23. The molecule has 0 aliphatic carbocycles. The third kappa shape index (κ3) is 5.69. The van der Waals surface area contributed by atoms with Crippen molar-refractivity contribution in [1.82, 2.24) is 5.32 Å². The van der Waals surface area contributed by atoms with Crippen LogP contribution in [0.15, 0.2) is 24.3 Å². The number of anilines is 1. The van der Waals surface area contributed by atoms with Crippen molar-refractivity contribution < 1.29 is 18.7 Å². The molecule has 1 atom stereocenters. The van der Waals surface area contributed by atoms with E-state index in [1.54, 1.807) is 20.8 Å². The number of alkyl carbamates (subject to hydrolysis) is 1. The Labute approximate surface area is 117 Å². The van der Waals surface area contributed by atoms with E-state index in [0.717, 1.165) is 0 Å². The van der Waals surface area contributed by atoms with Crippen molar-refractivity contribution in [1.29, 1.82) is 0 Å². The number of ether oxygens (including phenoxy) is 1. The van der Waals surface area contributed by atoms with Crippen LogP contribution in [0.1, 0.15) is 27.7 Å². The topological polar surface area (TPSA) is 67.4 Å². The second kappa shape index (κ2) is 6.36. The number of rotatable bonds is 3. The highest BCUT2D eigenvalue weighted by atomic mass is 19.1. The average Bonchev–Trinajstić information content (AvgIpc) is 2.29. The highest BCUT2D eigenvalue weighted by molar-refractivity contribution is 5.96. The molecule has 5 nitrogen and oxygen atoms in total. The first kappa shape index (κ1) is 15.9. The summed E-state index contributed by atoms with van der Waals surface area (Å²) in [7, 11) is 0. The number of halogens is 1. The van der Waals surface area contributed by atoms with Crippen molar-refractivity contribution >= 4 is 17.7 Å². The van der Waals surface area contributed by atoms with Crippen LogP contribution >= 0.6 is 0 Å². The van der Waals surface area contributed by atoms with Crippen LogP contribution in [0.25, 0.3) is 0 Å². The number of carbonyl (C=O) groups is 2. The van der Waals surface area contributed by atoms with Crippen LogP contribution < -0.4 is 10.6 Å². The summed E-state index contributed by atoms with van der Waals surface area (Å²) in [5.74, 6) is -0.801. The summed E-state index contributed by atoms with van der Waals surface area (Å²) in [5.41, 5.74) is -0.175. The molecule has 1 rings (SSSR count). The van der Waals surface area contributed by atoms with Crippen molar-refractivity contribution in [2.75, 3.05) is 5.32 Å². The maximum Gasteiger partial charge on any atom is 0.408 e. The van der Waals surface area contributed by atoms with Gasteiger partial charge in [-0.1, -0.05) is 0 Å². The molecule has 2 N–H and O–H groups in total. The Morgan fingerprint density at radius 1 is 1.20 bits per heavy atom. The van der Waals surface area contributed by atoms with Crippen molar-refractivity contribution in [3.8, 4) is 0 Å². The Morgan fingerprint density at radius 2 is 1.75 bits per heavy atom.